The molecule has 6 nitrogen and oxygen atoms in total. The molecule has 1 amide bonds. The first-order chi connectivity index (χ1) is 10.5. The first-order valence-electron chi connectivity index (χ1n) is 7.88. The molecule has 1 aromatic heterocycles. The lowest BCUT2D eigenvalue weighted by atomic mass is 10.2. The molecule has 1 aromatic rings. The Morgan fingerprint density at radius 2 is 1.95 bits per heavy atom. The van der Waals surface area contributed by atoms with Crippen LogP contribution in [-0.2, 0) is 4.79 Å². The Balaban J connectivity index is 1.88. The molecular weight excluding hydrogens is 280 g/mol. The summed E-state index contributed by atoms with van der Waals surface area (Å²) in [5, 5.41) is 12.3. The van der Waals surface area contributed by atoms with Gasteiger partial charge in [-0.25, -0.2) is 4.98 Å². The summed E-state index contributed by atoms with van der Waals surface area (Å²) in [6, 6.07) is 3.84. The normalized spacial score (nSPS) is 17.6. The topological polar surface area (TPSA) is 68.7 Å². The average Bonchev–Trinajstić information content (AvgIpc) is 2.48. The van der Waals surface area contributed by atoms with Crippen LogP contribution in [0.4, 0.5) is 11.5 Å². The molecule has 0 radical (unpaired) electrons. The predicted molar refractivity (Wildman–Crippen MR) is 88.0 cm³/mol. The van der Waals surface area contributed by atoms with Gasteiger partial charge in [-0.2, -0.15) is 0 Å². The number of β-amino-alcohol motifs (C(OH)–C–C–N with tert-alkyl or cyclic N) is 1. The highest BCUT2D eigenvalue weighted by Crippen LogP contribution is 2.16. The molecule has 1 aliphatic heterocycles. The summed E-state index contributed by atoms with van der Waals surface area (Å²) in [4.78, 5) is 20.6. The van der Waals surface area contributed by atoms with Gasteiger partial charge in [-0.1, -0.05) is 13.8 Å². The third-order valence-electron chi connectivity index (χ3n) is 3.76. The van der Waals surface area contributed by atoms with Gasteiger partial charge in [0.05, 0.1) is 18.0 Å². The van der Waals surface area contributed by atoms with Crippen molar-refractivity contribution >= 4 is 17.4 Å². The van der Waals surface area contributed by atoms with Crippen LogP contribution in [0.3, 0.4) is 0 Å². The number of rotatable bonds is 5. The van der Waals surface area contributed by atoms with Crippen molar-refractivity contribution < 1.29 is 9.90 Å². The van der Waals surface area contributed by atoms with Gasteiger partial charge in [0, 0.05) is 38.6 Å². The van der Waals surface area contributed by atoms with Crippen molar-refractivity contribution in [2.45, 2.75) is 26.9 Å². The van der Waals surface area contributed by atoms with Gasteiger partial charge < -0.3 is 15.3 Å². The molecule has 0 aromatic carbocycles. The molecule has 2 heterocycles. The molecule has 0 bridgehead atoms. The Morgan fingerprint density at radius 3 is 2.45 bits per heavy atom. The number of pyridine rings is 1. The lowest BCUT2D eigenvalue weighted by Crippen LogP contribution is -2.48. The zero-order valence-electron chi connectivity index (χ0n) is 13.6. The van der Waals surface area contributed by atoms with Crippen LogP contribution in [-0.4, -0.2) is 59.7 Å². The fraction of sp³-hybridized carbons (Fsp3) is 0.625. The van der Waals surface area contributed by atoms with Crippen LogP contribution >= 0.6 is 0 Å². The largest absolute Gasteiger partial charge is 0.392 e. The van der Waals surface area contributed by atoms with E-state index in [1.165, 1.54) is 0 Å². The number of aliphatic hydroxyl groups is 1. The number of hydrogen-bond acceptors (Lipinski definition) is 5. The molecule has 0 unspecified atom stereocenters. The summed E-state index contributed by atoms with van der Waals surface area (Å²) < 4.78 is 0. The van der Waals surface area contributed by atoms with Gasteiger partial charge in [-0.05, 0) is 19.1 Å². The van der Waals surface area contributed by atoms with Crippen LogP contribution in [0.2, 0.25) is 0 Å². The van der Waals surface area contributed by atoms with E-state index in [9.17, 15) is 9.90 Å². The molecule has 1 saturated heterocycles. The van der Waals surface area contributed by atoms with Crippen molar-refractivity contribution in [1.82, 2.24) is 9.88 Å². The quantitative estimate of drug-likeness (QED) is 0.855. The number of piperazine rings is 1. The molecule has 0 saturated carbocycles. The van der Waals surface area contributed by atoms with Crippen LogP contribution in [0, 0.1) is 5.92 Å². The lowest BCUT2D eigenvalue weighted by molar-refractivity contribution is -0.118. The molecule has 1 aliphatic rings. The van der Waals surface area contributed by atoms with Crippen molar-refractivity contribution in [1.29, 1.82) is 0 Å². The third-order valence-corrected chi connectivity index (χ3v) is 3.76. The predicted octanol–water partition coefficient (Wildman–Crippen LogP) is 1.18. The summed E-state index contributed by atoms with van der Waals surface area (Å²) in [7, 11) is 0. The second-order valence-electron chi connectivity index (χ2n) is 6.19. The lowest BCUT2D eigenvalue weighted by Gasteiger charge is -2.35. The van der Waals surface area contributed by atoms with Gasteiger partial charge in [0.15, 0.2) is 0 Å². The van der Waals surface area contributed by atoms with E-state index in [1.807, 2.05) is 32.9 Å². The fourth-order valence-electron chi connectivity index (χ4n) is 2.47. The molecule has 22 heavy (non-hydrogen) atoms. The van der Waals surface area contributed by atoms with Crippen molar-refractivity contribution in [3.8, 4) is 0 Å². The fourth-order valence-corrected chi connectivity index (χ4v) is 2.47. The second kappa shape index (κ2) is 7.56. The van der Waals surface area contributed by atoms with Crippen molar-refractivity contribution in [2.75, 3.05) is 42.9 Å². The van der Waals surface area contributed by atoms with Gasteiger partial charge >= 0.3 is 0 Å². The van der Waals surface area contributed by atoms with Crippen LogP contribution in [0.5, 0.6) is 0 Å². The zero-order chi connectivity index (χ0) is 16.1. The van der Waals surface area contributed by atoms with E-state index in [4.69, 9.17) is 0 Å². The number of carbonyl (C=O) groups is 1. The van der Waals surface area contributed by atoms with Gasteiger partial charge in [-0.3, -0.25) is 9.69 Å². The van der Waals surface area contributed by atoms with E-state index in [-0.39, 0.29) is 17.9 Å². The number of aliphatic hydroxyl groups excluding tert-OH is 1. The highest BCUT2D eigenvalue weighted by Gasteiger charge is 2.18. The van der Waals surface area contributed by atoms with Crippen molar-refractivity contribution in [3.63, 3.8) is 0 Å². The third kappa shape index (κ3) is 4.68. The van der Waals surface area contributed by atoms with Gasteiger partial charge in [0.1, 0.15) is 5.82 Å². The summed E-state index contributed by atoms with van der Waals surface area (Å²) >= 11 is 0. The molecule has 122 valence electrons. The smallest absolute Gasteiger partial charge is 0.226 e. The maximum Gasteiger partial charge on any atom is 0.226 e. The Labute approximate surface area is 132 Å². The Kier molecular flexibility index (Phi) is 5.74. The first kappa shape index (κ1) is 16.7. The highest BCUT2D eigenvalue weighted by atomic mass is 16.3. The number of anilines is 2. The molecule has 2 rings (SSSR count). The monoisotopic (exact) mass is 306 g/mol. The number of nitrogens with zero attached hydrogens (tertiary/aromatic N) is 3. The van der Waals surface area contributed by atoms with E-state index in [2.05, 4.69) is 20.1 Å². The number of aromatic nitrogens is 1. The molecule has 2 N–H and O–H groups in total. The first-order valence-corrected chi connectivity index (χ1v) is 7.88. The number of carbonyl (C=O) groups excluding carboxylic acids is 1. The summed E-state index contributed by atoms with van der Waals surface area (Å²) in [6.07, 6.45) is 1.42. The van der Waals surface area contributed by atoms with Crippen LogP contribution in [0.25, 0.3) is 0 Å². The minimum atomic E-state index is -0.284. The standard InChI is InChI=1S/C16H26N4O2/c1-12(2)16(22)18-14-4-5-15(17-10-14)20-8-6-19(7-9-20)11-13(3)21/h4-5,10,12-13,21H,6-9,11H2,1-3H3,(H,18,22)/t13-/m0/s1. The number of amides is 1. The van der Waals surface area contributed by atoms with E-state index in [0.29, 0.717) is 0 Å². The molecule has 1 fully saturated rings. The van der Waals surface area contributed by atoms with E-state index < -0.39 is 0 Å². The Bertz CT molecular complexity index is 479. The second-order valence-corrected chi connectivity index (χ2v) is 6.19. The van der Waals surface area contributed by atoms with Gasteiger partial charge in [-0.15, -0.1) is 0 Å². The highest BCUT2D eigenvalue weighted by molar-refractivity contribution is 5.91. The van der Waals surface area contributed by atoms with Crippen LogP contribution in [0.1, 0.15) is 20.8 Å². The Hall–Kier alpha value is -1.66. The zero-order valence-corrected chi connectivity index (χ0v) is 13.6. The maximum atomic E-state index is 11.6. The molecule has 6 heteroatoms. The summed E-state index contributed by atoms with van der Waals surface area (Å²) in [5.41, 5.74) is 0.732. The van der Waals surface area contributed by atoms with Gasteiger partial charge in [0.2, 0.25) is 5.91 Å². The van der Waals surface area contributed by atoms with Crippen LogP contribution < -0.4 is 10.2 Å². The van der Waals surface area contributed by atoms with E-state index in [1.54, 1.807) is 6.20 Å². The molecular formula is C16H26N4O2. The average molecular weight is 306 g/mol. The van der Waals surface area contributed by atoms with Gasteiger partial charge in [0.25, 0.3) is 0 Å². The number of nitrogens with one attached hydrogen (secondary N) is 1. The molecule has 0 aliphatic carbocycles. The molecule has 1 atom stereocenters. The van der Waals surface area contributed by atoms with Crippen molar-refractivity contribution in [2.24, 2.45) is 5.92 Å². The maximum absolute atomic E-state index is 11.6. The summed E-state index contributed by atoms with van der Waals surface area (Å²) in [6.45, 7) is 9.93. The minimum Gasteiger partial charge on any atom is -0.392 e. The van der Waals surface area contributed by atoms with E-state index in [0.717, 1.165) is 44.2 Å². The van der Waals surface area contributed by atoms with E-state index >= 15 is 0 Å². The summed E-state index contributed by atoms with van der Waals surface area (Å²) in [5.74, 6) is 0.891. The van der Waals surface area contributed by atoms with Crippen molar-refractivity contribution in [3.05, 3.63) is 18.3 Å². The number of hydrogen-bond donors (Lipinski definition) is 2. The Morgan fingerprint density at radius 1 is 1.27 bits per heavy atom. The minimum absolute atomic E-state index is 0.00119. The molecule has 0 spiro atoms. The SMILES string of the molecule is CC(C)C(=O)Nc1ccc(N2CCN(C[C@H](C)O)CC2)nc1. The van der Waals surface area contributed by atoms with Crippen LogP contribution in [0.15, 0.2) is 18.3 Å².